The molecule has 22 heavy (non-hydrogen) atoms. The lowest BCUT2D eigenvalue weighted by Gasteiger charge is -2.27. The molecule has 2 amide bonds. The molecule has 0 radical (unpaired) electrons. The Kier molecular flexibility index (Phi) is 4.61. The van der Waals surface area contributed by atoms with Gasteiger partial charge in [-0.2, -0.15) is 0 Å². The van der Waals surface area contributed by atoms with Gasteiger partial charge in [0.1, 0.15) is 0 Å². The topological polar surface area (TPSA) is 58.6 Å². The zero-order chi connectivity index (χ0) is 15.4. The first-order valence-corrected chi connectivity index (χ1v) is 8.00. The third-order valence-corrected chi connectivity index (χ3v) is 4.45. The summed E-state index contributed by atoms with van der Waals surface area (Å²) in [5, 5.41) is 2.96. The van der Waals surface area contributed by atoms with Crippen LogP contribution in [0.25, 0.3) is 0 Å². The fourth-order valence-electron chi connectivity index (χ4n) is 3.18. The second-order valence-corrected chi connectivity index (χ2v) is 5.95. The zero-order valence-corrected chi connectivity index (χ0v) is 12.7. The Labute approximate surface area is 130 Å². The largest absolute Gasteiger partial charge is 0.449 e. The van der Waals surface area contributed by atoms with Crippen LogP contribution in [0.15, 0.2) is 24.3 Å². The highest BCUT2D eigenvalue weighted by molar-refractivity contribution is 5.79. The van der Waals surface area contributed by atoms with Gasteiger partial charge < -0.3 is 15.0 Å². The molecule has 1 saturated heterocycles. The number of rotatable bonds is 4. The maximum absolute atomic E-state index is 12.3. The van der Waals surface area contributed by atoms with Crippen LogP contribution in [0.4, 0.5) is 4.79 Å². The van der Waals surface area contributed by atoms with E-state index in [2.05, 4.69) is 23.5 Å². The number of amides is 2. The number of nitrogens with one attached hydrogen (secondary N) is 1. The van der Waals surface area contributed by atoms with Crippen LogP contribution in [0.3, 0.4) is 0 Å². The lowest BCUT2D eigenvalue weighted by atomic mass is 9.83. The molecule has 5 heteroatoms. The van der Waals surface area contributed by atoms with Crippen molar-refractivity contribution >= 4 is 12.0 Å². The molecule has 3 rings (SSSR count). The van der Waals surface area contributed by atoms with Crippen molar-refractivity contribution in [3.05, 3.63) is 35.4 Å². The van der Waals surface area contributed by atoms with Crippen LogP contribution in [0.2, 0.25) is 0 Å². The van der Waals surface area contributed by atoms with E-state index in [4.69, 9.17) is 4.74 Å². The first-order valence-electron chi connectivity index (χ1n) is 8.00. The molecule has 1 aliphatic heterocycles. The van der Waals surface area contributed by atoms with Crippen molar-refractivity contribution in [2.75, 3.05) is 26.2 Å². The molecule has 0 bridgehead atoms. The van der Waals surface area contributed by atoms with Crippen molar-refractivity contribution in [1.29, 1.82) is 0 Å². The van der Waals surface area contributed by atoms with E-state index in [9.17, 15) is 9.59 Å². The predicted octanol–water partition coefficient (Wildman–Crippen LogP) is 1.75. The van der Waals surface area contributed by atoms with Crippen LogP contribution in [0.5, 0.6) is 0 Å². The average molecular weight is 302 g/mol. The highest BCUT2D eigenvalue weighted by Gasteiger charge is 2.25. The van der Waals surface area contributed by atoms with Crippen molar-refractivity contribution in [1.82, 2.24) is 10.2 Å². The molecule has 0 spiro atoms. The van der Waals surface area contributed by atoms with E-state index in [0.717, 1.165) is 25.7 Å². The van der Waals surface area contributed by atoms with Crippen LogP contribution >= 0.6 is 0 Å². The van der Waals surface area contributed by atoms with Gasteiger partial charge in [0.25, 0.3) is 0 Å². The summed E-state index contributed by atoms with van der Waals surface area (Å²) >= 11 is 0. The molecule has 0 unspecified atom stereocenters. The highest BCUT2D eigenvalue weighted by Crippen LogP contribution is 2.25. The fourth-order valence-corrected chi connectivity index (χ4v) is 3.18. The van der Waals surface area contributed by atoms with Gasteiger partial charge in [-0.25, -0.2) is 4.79 Å². The smallest absolute Gasteiger partial charge is 0.409 e. The van der Waals surface area contributed by atoms with Crippen molar-refractivity contribution in [2.24, 2.45) is 5.92 Å². The minimum absolute atomic E-state index is 0.0446. The Morgan fingerprint density at radius 1 is 1.32 bits per heavy atom. The van der Waals surface area contributed by atoms with E-state index in [1.807, 2.05) is 6.07 Å². The number of ether oxygens (including phenoxy) is 1. The molecular weight excluding hydrogens is 280 g/mol. The maximum atomic E-state index is 12.3. The van der Waals surface area contributed by atoms with E-state index in [0.29, 0.717) is 26.2 Å². The number of cyclic esters (lactones) is 1. The number of carbonyl (C=O) groups excluding carboxylic acids is 2. The molecule has 0 saturated carbocycles. The number of fused-ring (bicyclic) bond motifs is 1. The maximum Gasteiger partial charge on any atom is 0.409 e. The first kappa shape index (κ1) is 14.9. The molecule has 5 nitrogen and oxygen atoms in total. The molecule has 0 aromatic heterocycles. The summed E-state index contributed by atoms with van der Waals surface area (Å²) in [4.78, 5) is 25.4. The fraction of sp³-hybridized carbons (Fsp3) is 0.529. The number of carbonyl (C=O) groups is 2. The lowest BCUT2D eigenvalue weighted by molar-refractivity contribution is -0.125. The van der Waals surface area contributed by atoms with Gasteiger partial charge in [0, 0.05) is 25.6 Å². The molecule has 1 aromatic carbocycles. The van der Waals surface area contributed by atoms with Crippen molar-refractivity contribution < 1.29 is 14.3 Å². The predicted molar refractivity (Wildman–Crippen MR) is 82.5 cm³/mol. The molecule has 1 aliphatic carbocycles. The molecule has 2 aliphatic rings. The van der Waals surface area contributed by atoms with E-state index < -0.39 is 0 Å². The Hall–Kier alpha value is -2.04. The molecule has 1 aromatic rings. The third-order valence-electron chi connectivity index (χ3n) is 4.45. The quantitative estimate of drug-likeness (QED) is 0.922. The number of benzene rings is 1. The Morgan fingerprint density at radius 2 is 2.14 bits per heavy atom. The Bertz CT molecular complexity index is 559. The van der Waals surface area contributed by atoms with Crippen LogP contribution in [0.1, 0.15) is 24.0 Å². The summed E-state index contributed by atoms with van der Waals surface area (Å²) in [6.07, 6.45) is 3.26. The summed E-state index contributed by atoms with van der Waals surface area (Å²) in [7, 11) is 0. The average Bonchev–Trinajstić information content (AvgIpc) is 2.56. The van der Waals surface area contributed by atoms with E-state index >= 15 is 0 Å². The molecular formula is C17H22N2O3. The molecule has 1 atom stereocenters. The zero-order valence-electron chi connectivity index (χ0n) is 12.7. The second-order valence-electron chi connectivity index (χ2n) is 5.95. The van der Waals surface area contributed by atoms with Gasteiger partial charge in [-0.15, -0.1) is 0 Å². The summed E-state index contributed by atoms with van der Waals surface area (Å²) in [6.45, 7) is 2.23. The monoisotopic (exact) mass is 302 g/mol. The van der Waals surface area contributed by atoms with E-state index in [1.165, 1.54) is 11.1 Å². The normalized spacial score (nSPS) is 21.0. The van der Waals surface area contributed by atoms with Crippen LogP contribution in [-0.4, -0.2) is 43.1 Å². The van der Waals surface area contributed by atoms with Gasteiger partial charge in [-0.3, -0.25) is 4.79 Å². The van der Waals surface area contributed by atoms with Crippen molar-refractivity contribution in [3.8, 4) is 0 Å². The van der Waals surface area contributed by atoms with Gasteiger partial charge in [0.15, 0.2) is 0 Å². The second kappa shape index (κ2) is 6.81. The highest BCUT2D eigenvalue weighted by atomic mass is 16.6. The molecule has 118 valence electrons. The Morgan fingerprint density at radius 3 is 2.95 bits per heavy atom. The van der Waals surface area contributed by atoms with Gasteiger partial charge in [-0.05, 0) is 36.8 Å². The summed E-state index contributed by atoms with van der Waals surface area (Å²) < 4.78 is 4.98. The SMILES string of the molecule is O=C(NCCN1CCCOC1=O)[C@@H]1CCc2ccccc2C1. The molecule has 1 heterocycles. The van der Waals surface area contributed by atoms with Crippen LogP contribution in [0, 0.1) is 5.92 Å². The van der Waals surface area contributed by atoms with Gasteiger partial charge in [0.05, 0.1) is 6.61 Å². The van der Waals surface area contributed by atoms with Crippen molar-refractivity contribution in [3.63, 3.8) is 0 Å². The van der Waals surface area contributed by atoms with E-state index in [1.54, 1.807) is 4.90 Å². The van der Waals surface area contributed by atoms with E-state index in [-0.39, 0.29) is 17.9 Å². The Balaban J connectivity index is 1.46. The lowest BCUT2D eigenvalue weighted by Crippen LogP contribution is -2.43. The van der Waals surface area contributed by atoms with Crippen LogP contribution in [-0.2, 0) is 22.4 Å². The van der Waals surface area contributed by atoms with Crippen LogP contribution < -0.4 is 5.32 Å². The van der Waals surface area contributed by atoms with Gasteiger partial charge in [-0.1, -0.05) is 24.3 Å². The standard InChI is InChI=1S/C17H22N2O3/c20-16(18-8-10-19-9-3-11-22-17(19)21)15-7-6-13-4-1-2-5-14(13)12-15/h1-2,4-5,15H,3,6-12H2,(H,18,20)/t15-/m1/s1. The number of aryl methyl sites for hydroxylation is 1. The summed E-state index contributed by atoms with van der Waals surface area (Å²) in [5.41, 5.74) is 2.65. The first-order chi connectivity index (χ1) is 10.7. The number of nitrogens with zero attached hydrogens (tertiary/aromatic N) is 1. The van der Waals surface area contributed by atoms with Gasteiger partial charge in [0.2, 0.25) is 5.91 Å². The molecule has 1 fully saturated rings. The minimum atomic E-state index is -0.271. The third kappa shape index (κ3) is 3.40. The number of hydrogen-bond acceptors (Lipinski definition) is 3. The van der Waals surface area contributed by atoms with Gasteiger partial charge >= 0.3 is 6.09 Å². The number of hydrogen-bond donors (Lipinski definition) is 1. The summed E-state index contributed by atoms with van der Waals surface area (Å²) in [6, 6.07) is 8.34. The summed E-state index contributed by atoms with van der Waals surface area (Å²) in [5.74, 6) is 0.142. The van der Waals surface area contributed by atoms with Crippen molar-refractivity contribution in [2.45, 2.75) is 25.7 Å². The minimum Gasteiger partial charge on any atom is -0.449 e. The molecule has 1 N–H and O–H groups in total.